The Morgan fingerprint density at radius 3 is 2.62 bits per heavy atom. The molecule has 1 aliphatic heterocycles. The predicted molar refractivity (Wildman–Crippen MR) is 39.6 cm³/mol. The molecule has 1 heterocycles. The molecule has 2 nitrogen and oxygen atoms in total. The molecule has 0 bridgehead atoms. The monoisotopic (exact) mass is 147 g/mol. The number of rotatable bonds is 0. The number of carbonyl (C=O) groups excluding carboxylic acids is 1. The molecule has 44 valence electrons. The summed E-state index contributed by atoms with van der Waals surface area (Å²) in [4.78, 5) is 10.9. The van der Waals surface area contributed by atoms with Gasteiger partial charge < -0.3 is 5.32 Å². The first-order valence-corrected chi connectivity index (χ1v) is 3.14. The fourth-order valence-corrected chi connectivity index (χ4v) is 1.25. The predicted octanol–water partition coefficient (Wildman–Crippen LogP) is 0.894. The van der Waals surface area contributed by atoms with Crippen LogP contribution in [0.1, 0.15) is 1.43 Å². The molecule has 0 spiro atoms. The van der Waals surface area contributed by atoms with Crippen molar-refractivity contribution in [3.05, 3.63) is 11.5 Å². The van der Waals surface area contributed by atoms with Gasteiger partial charge in [0.05, 0.1) is 4.91 Å². The van der Waals surface area contributed by atoms with E-state index in [2.05, 4.69) is 24.1 Å². The Hall–Kier alpha value is -0.350. The highest BCUT2D eigenvalue weighted by molar-refractivity contribution is 8.26. The van der Waals surface area contributed by atoms with E-state index in [-0.39, 0.29) is 7.33 Å². The average Bonchev–Trinajstić information content (AvgIpc) is 1.85. The van der Waals surface area contributed by atoms with Crippen LogP contribution in [0.3, 0.4) is 0 Å². The minimum absolute atomic E-state index is 0. The molecule has 0 aromatic rings. The topological polar surface area (TPSA) is 29.1 Å². The summed E-state index contributed by atoms with van der Waals surface area (Å²) < 4.78 is 0.500. The molecule has 0 aliphatic carbocycles. The van der Waals surface area contributed by atoms with Gasteiger partial charge in [0.25, 0.3) is 5.91 Å². The van der Waals surface area contributed by atoms with E-state index in [0.29, 0.717) is 9.23 Å². The van der Waals surface area contributed by atoms with Crippen LogP contribution >= 0.6 is 24.0 Å². The van der Waals surface area contributed by atoms with E-state index in [1.54, 1.807) is 0 Å². The largest absolute Gasteiger partial charge is 0.307 e. The summed E-state index contributed by atoms with van der Waals surface area (Å²) in [6.45, 7) is 3.45. The number of amides is 1. The van der Waals surface area contributed by atoms with E-state index < -0.39 is 0 Å². The van der Waals surface area contributed by atoms with Crippen LogP contribution in [0.4, 0.5) is 0 Å². The molecule has 0 radical (unpaired) electrons. The van der Waals surface area contributed by atoms with Crippen LogP contribution in [0.5, 0.6) is 0 Å². The second kappa shape index (κ2) is 1.87. The van der Waals surface area contributed by atoms with Gasteiger partial charge in [0.1, 0.15) is 4.32 Å². The second-order valence-electron chi connectivity index (χ2n) is 1.27. The van der Waals surface area contributed by atoms with Gasteiger partial charge in [-0.3, -0.25) is 4.79 Å². The highest BCUT2D eigenvalue weighted by atomic mass is 32.2. The second-order valence-corrected chi connectivity index (χ2v) is 3.04. The van der Waals surface area contributed by atoms with Gasteiger partial charge in [-0.1, -0.05) is 30.6 Å². The van der Waals surface area contributed by atoms with Crippen molar-refractivity contribution in [2.75, 3.05) is 0 Å². The maximum absolute atomic E-state index is 10.5. The Bertz CT molecular complexity index is 161. The minimum atomic E-state index is -0.167. The van der Waals surface area contributed by atoms with Crippen molar-refractivity contribution in [3.63, 3.8) is 0 Å². The molecule has 1 rings (SSSR count). The van der Waals surface area contributed by atoms with E-state index in [1.807, 2.05) is 0 Å². The first kappa shape index (κ1) is 5.78. The highest BCUT2D eigenvalue weighted by Gasteiger charge is 2.18. The molecule has 1 N–H and O–H groups in total. The third-order valence-corrected chi connectivity index (χ3v) is 1.76. The van der Waals surface area contributed by atoms with E-state index in [9.17, 15) is 4.79 Å². The van der Waals surface area contributed by atoms with Crippen molar-refractivity contribution in [1.82, 2.24) is 5.32 Å². The van der Waals surface area contributed by atoms with Crippen molar-refractivity contribution in [2.45, 2.75) is 0 Å². The van der Waals surface area contributed by atoms with Crippen LogP contribution in [-0.4, -0.2) is 10.2 Å². The molecule has 8 heavy (non-hydrogen) atoms. The number of hydrogen-bond donors (Lipinski definition) is 1. The van der Waals surface area contributed by atoms with Crippen molar-refractivity contribution in [3.8, 4) is 0 Å². The number of thiocarbonyl (C=S) groups is 1. The van der Waals surface area contributed by atoms with Crippen molar-refractivity contribution < 1.29 is 6.22 Å². The Kier molecular flexibility index (Phi) is 1.35. The van der Waals surface area contributed by atoms with Crippen molar-refractivity contribution in [2.24, 2.45) is 0 Å². The summed E-state index contributed by atoms with van der Waals surface area (Å²) in [6, 6.07) is 0. The quantitative estimate of drug-likeness (QED) is 0.407. The molecular formula is C4H5NOS2. The third-order valence-electron chi connectivity index (χ3n) is 0.685. The minimum Gasteiger partial charge on any atom is -0.307 e. The molecule has 0 saturated carbocycles. The Labute approximate surface area is 57.8 Å². The van der Waals surface area contributed by atoms with Crippen molar-refractivity contribution >= 4 is 34.2 Å². The van der Waals surface area contributed by atoms with Crippen molar-refractivity contribution in [1.29, 1.82) is 0 Å². The molecule has 0 atom stereocenters. The number of thioether (sulfide) groups is 1. The van der Waals surface area contributed by atoms with Gasteiger partial charge in [-0.2, -0.15) is 0 Å². The van der Waals surface area contributed by atoms with Gasteiger partial charge in [0, 0.05) is 1.43 Å². The van der Waals surface area contributed by atoms with Crippen LogP contribution in [0.2, 0.25) is 0 Å². The van der Waals surface area contributed by atoms with E-state index >= 15 is 0 Å². The third kappa shape index (κ3) is 0.900. The van der Waals surface area contributed by atoms with Gasteiger partial charge in [-0.05, 0) is 0 Å². The van der Waals surface area contributed by atoms with Gasteiger partial charge in [0.15, 0.2) is 0 Å². The summed E-state index contributed by atoms with van der Waals surface area (Å²) in [5.41, 5.74) is 0. The fraction of sp³-hybridized carbons (Fsp3) is 0. The zero-order valence-corrected chi connectivity index (χ0v) is 5.56. The molecule has 0 unspecified atom stereocenters. The summed E-state index contributed by atoms with van der Waals surface area (Å²) in [5.74, 6) is -0.167. The van der Waals surface area contributed by atoms with Crippen LogP contribution in [-0.2, 0) is 4.79 Å². The number of hydrogen-bond acceptors (Lipinski definition) is 3. The van der Waals surface area contributed by atoms with E-state index in [4.69, 9.17) is 0 Å². The normalized spacial score (nSPS) is 19.2. The van der Waals surface area contributed by atoms with Crippen LogP contribution in [0, 0.1) is 0 Å². The fourth-order valence-electron chi connectivity index (χ4n) is 0.346. The highest BCUT2D eigenvalue weighted by Crippen LogP contribution is 2.20. The number of nitrogens with one attached hydrogen (secondary N) is 1. The van der Waals surface area contributed by atoms with Crippen LogP contribution < -0.4 is 5.32 Å². The first-order chi connectivity index (χ1) is 3.70. The lowest BCUT2D eigenvalue weighted by Gasteiger charge is -1.81. The molecular weight excluding hydrogens is 142 g/mol. The van der Waals surface area contributed by atoms with Gasteiger partial charge >= 0.3 is 0 Å². The molecule has 4 heteroatoms. The SMILES string of the molecule is C=C1SC(=S)NC1=O.[HH]. The summed E-state index contributed by atoms with van der Waals surface area (Å²) in [6.07, 6.45) is 0. The summed E-state index contributed by atoms with van der Waals surface area (Å²) >= 11 is 5.85. The smallest absolute Gasteiger partial charge is 0.262 e. The van der Waals surface area contributed by atoms with E-state index in [1.165, 1.54) is 11.8 Å². The van der Waals surface area contributed by atoms with Gasteiger partial charge in [-0.15, -0.1) is 0 Å². The summed E-state index contributed by atoms with van der Waals surface area (Å²) in [7, 11) is 0. The lowest BCUT2D eigenvalue weighted by molar-refractivity contribution is -0.115. The average molecular weight is 147 g/mol. The standard InChI is InChI=1S/C4H3NOS2.H2/c1-2-3(6)5-4(7)8-2;/h1H2,(H,5,6,7);1H. The molecule has 0 aromatic carbocycles. The number of carbonyl (C=O) groups is 1. The Balaban J connectivity index is 0.000000640. The lowest BCUT2D eigenvalue weighted by Crippen LogP contribution is -2.17. The molecule has 1 aliphatic rings. The van der Waals surface area contributed by atoms with Crippen LogP contribution in [0.25, 0.3) is 0 Å². The van der Waals surface area contributed by atoms with Gasteiger partial charge in [-0.25, -0.2) is 0 Å². The Morgan fingerprint density at radius 2 is 2.50 bits per heavy atom. The summed E-state index contributed by atoms with van der Waals surface area (Å²) in [5, 5.41) is 2.42. The van der Waals surface area contributed by atoms with Gasteiger partial charge in [0.2, 0.25) is 0 Å². The molecule has 1 amide bonds. The van der Waals surface area contributed by atoms with E-state index in [0.717, 1.165) is 0 Å². The molecule has 1 fully saturated rings. The zero-order valence-electron chi connectivity index (χ0n) is 3.93. The zero-order chi connectivity index (χ0) is 6.15. The van der Waals surface area contributed by atoms with Crippen LogP contribution in [0.15, 0.2) is 11.5 Å². The molecule has 1 saturated heterocycles. The lowest BCUT2D eigenvalue weighted by atomic mass is 10.6. The molecule has 0 aromatic heterocycles. The maximum atomic E-state index is 10.5. The Morgan fingerprint density at radius 1 is 1.88 bits per heavy atom. The maximum Gasteiger partial charge on any atom is 0.262 e. The first-order valence-electron chi connectivity index (χ1n) is 1.92.